The number of allylic oxidation sites excluding steroid dienone is 2. The summed E-state index contributed by atoms with van der Waals surface area (Å²) in [6, 6.07) is 35.5. The number of hydrogen-bond donors (Lipinski definition) is 0. The van der Waals surface area contributed by atoms with Crippen LogP contribution in [-0.4, -0.2) is 40.4 Å². The topological polar surface area (TPSA) is 60.7 Å². The second kappa shape index (κ2) is 37.9. The highest BCUT2D eigenvalue weighted by atomic mass is 28.3. The molecule has 0 saturated carbocycles. The highest BCUT2D eigenvalue weighted by Crippen LogP contribution is 2.46. The average molecular weight is 1540 g/mol. The fourth-order valence-electron chi connectivity index (χ4n) is 19.6. The lowest BCUT2D eigenvalue weighted by Gasteiger charge is -2.38. The summed E-state index contributed by atoms with van der Waals surface area (Å²) in [5.74, 6) is 18.7. The zero-order valence-corrected chi connectivity index (χ0v) is 77.4. The van der Waals surface area contributed by atoms with Crippen molar-refractivity contribution in [3.8, 4) is 69.5 Å². The molecule has 0 saturated heterocycles. The van der Waals surface area contributed by atoms with Gasteiger partial charge in [-0.25, -0.2) is 14.5 Å². The number of hydrogen-bond acceptors (Lipinski definition) is 2. The summed E-state index contributed by atoms with van der Waals surface area (Å²) < 4.78 is 0. The molecule has 10 bridgehead atoms. The first kappa shape index (κ1) is 90.0. The van der Waals surface area contributed by atoms with Gasteiger partial charge in [0.2, 0.25) is 0 Å². The van der Waals surface area contributed by atoms with Gasteiger partial charge >= 0.3 is 0 Å². The maximum Gasteiger partial charge on any atom is 0.194 e. The van der Waals surface area contributed by atoms with Crippen LogP contribution in [0.25, 0.3) is 73.2 Å². The Morgan fingerprint density at radius 1 is 0.227 bits per heavy atom. The van der Waals surface area contributed by atoms with E-state index in [0.29, 0.717) is 167 Å². The third-order valence-electron chi connectivity index (χ3n) is 24.9. The molecule has 5 aromatic rings. The van der Waals surface area contributed by atoms with Crippen LogP contribution in [0.3, 0.4) is 0 Å². The molecule has 0 N–H and O–H groups in total. The predicted molar refractivity (Wildman–Crippen MR) is 492 cm³/mol. The molecule has 0 radical (unpaired) electrons. The van der Waals surface area contributed by atoms with E-state index in [1.807, 2.05) is 109 Å². The van der Waals surface area contributed by atoms with Crippen LogP contribution in [0.1, 0.15) is 291 Å². The van der Waals surface area contributed by atoms with Gasteiger partial charge in [0.05, 0.1) is 43.0 Å². The highest BCUT2D eigenvalue weighted by Gasteiger charge is 2.46. The third-order valence-corrected chi connectivity index (χ3v) is 56.3. The van der Waals surface area contributed by atoms with Crippen molar-refractivity contribution in [3.63, 3.8) is 0 Å². The Morgan fingerprint density at radius 3 is 0.536 bits per heavy atom. The van der Waals surface area contributed by atoms with Crippen molar-refractivity contribution in [1.29, 1.82) is 10.5 Å². The molecule has 0 fully saturated rings. The standard InChI is InChI=1S/C100H125N5Si5/c1-66(2)106(67(3)4,68(5)6)39-34-81-44-86-54-91(49-81)97(65-102)60-87-45-83(36-41-108(72(13)14,73(15)16)74(17)18)51-93(56-87)99(104-32)62-89-47-85(38-43-110(78(25)26,79(27)28)80(29)30)53-95(58-89)100(105-33)63-90-48-84(37-42-109(75(19)20,76(21)22)77(23)24)52-94(57-90)98(103-31)61-88-46-82(50-92(55-88)96(59-86)64-101)35-40-107(69(7)8,70(9)10)71(11)12/h44-63,66-80H,1-30H3/b96-59+,97-60+,98-61-,99-62-,100-63-. The van der Waals surface area contributed by atoms with E-state index in [2.05, 4.69) is 304 Å². The van der Waals surface area contributed by atoms with Crippen molar-refractivity contribution in [1.82, 2.24) is 0 Å². The van der Waals surface area contributed by atoms with Crippen molar-refractivity contribution < 1.29 is 0 Å². The fraction of sp³-hybridized carbons (Fsp3) is 0.450. The molecule has 1 aliphatic rings. The Bertz CT molecular complexity index is 4150. The maximum atomic E-state index is 11.7. The SMILES string of the molecule is [C-]#[N+]/C1=C\c2cc(C#C[Si](C(C)C)(C(C)C)C(C)C)cc(c2)/C(C#N)=C/c2cc(C#C[Si](C(C)C)(C(C)C)C(C)C)cc(c2)/C(C#N)=C/c2cc(C#C[Si](C(C)C)(C(C)C)C(C)C)cc(c2)/C([N+]#[C-])=C/c2cc(C#C[Si](C(C)C)(C(C)C)C(C)C)cc(c2)/C([N+]#[C-])=C/c2cc(C#C[Si](C(C)C)(C(C)C)C(C)C)cc1c2. The molecule has 5 nitrogen and oxygen atoms in total. The van der Waals surface area contributed by atoms with E-state index in [0.717, 1.165) is 27.8 Å². The number of benzene rings is 5. The summed E-state index contributed by atoms with van der Waals surface area (Å²) in [5, 5.41) is 23.4. The molecule has 0 amide bonds. The quantitative estimate of drug-likeness (QED) is 0.0596. The molecule has 1 aliphatic carbocycles. The van der Waals surface area contributed by atoms with E-state index in [1.165, 1.54) is 0 Å². The Morgan fingerprint density at radius 2 is 0.382 bits per heavy atom. The van der Waals surface area contributed by atoms with Gasteiger partial charge in [-0.15, -0.1) is 27.7 Å². The molecule has 6 rings (SSSR count). The largest absolute Gasteiger partial charge is 0.238 e. The molecule has 0 heterocycles. The van der Waals surface area contributed by atoms with Gasteiger partial charge in [0.25, 0.3) is 0 Å². The van der Waals surface area contributed by atoms with E-state index in [-0.39, 0.29) is 0 Å². The Balaban J connectivity index is 2.00. The van der Waals surface area contributed by atoms with Crippen LogP contribution in [-0.2, 0) is 0 Å². The van der Waals surface area contributed by atoms with Gasteiger partial charge in [-0.05, 0) is 242 Å². The van der Waals surface area contributed by atoms with E-state index < -0.39 is 40.4 Å². The summed E-state index contributed by atoms with van der Waals surface area (Å²) in [6.07, 6.45) is 9.52. The molecule has 0 spiro atoms. The third kappa shape index (κ3) is 19.5. The van der Waals surface area contributed by atoms with E-state index in [9.17, 15) is 10.5 Å². The van der Waals surface area contributed by atoms with Crippen molar-refractivity contribution >= 4 is 99.0 Å². The molecule has 0 unspecified atom stereocenters. The molecule has 0 atom stereocenters. The van der Waals surface area contributed by atoms with Gasteiger partial charge in [-0.1, -0.05) is 256 Å². The summed E-state index contributed by atoms with van der Waals surface area (Å²) in [4.78, 5) is 13.1. The minimum absolute atomic E-state index is 0.353. The second-order valence-corrected chi connectivity index (χ2v) is 63.6. The monoisotopic (exact) mass is 1540 g/mol. The zero-order valence-electron chi connectivity index (χ0n) is 72.4. The molecule has 5 aromatic carbocycles. The van der Waals surface area contributed by atoms with Crippen LogP contribution in [0.2, 0.25) is 83.1 Å². The van der Waals surface area contributed by atoms with Gasteiger partial charge < -0.3 is 0 Å². The van der Waals surface area contributed by atoms with Gasteiger partial charge in [0.1, 0.15) is 40.4 Å². The van der Waals surface area contributed by atoms with Crippen molar-refractivity contribution in [2.75, 3.05) is 0 Å². The Hall–Kier alpha value is -8.87. The van der Waals surface area contributed by atoms with Gasteiger partial charge in [0.15, 0.2) is 17.1 Å². The molecule has 110 heavy (non-hydrogen) atoms. The van der Waals surface area contributed by atoms with Crippen LogP contribution < -0.4 is 0 Å². The van der Waals surface area contributed by atoms with Crippen LogP contribution in [0, 0.1) is 99.7 Å². The van der Waals surface area contributed by atoms with Gasteiger partial charge in [-0.3, -0.25) is 0 Å². The lowest BCUT2D eigenvalue weighted by atomic mass is 9.94. The lowest BCUT2D eigenvalue weighted by molar-refractivity contribution is 0.838. The van der Waals surface area contributed by atoms with E-state index >= 15 is 0 Å². The van der Waals surface area contributed by atoms with E-state index in [1.54, 1.807) is 0 Å². The average Bonchev–Trinajstić information content (AvgIpc) is 0.846. The van der Waals surface area contributed by atoms with Crippen LogP contribution in [0.15, 0.2) is 91.0 Å². The smallest absolute Gasteiger partial charge is 0.194 e. The first-order valence-electron chi connectivity index (χ1n) is 40.5. The summed E-state index contributed by atoms with van der Waals surface area (Å²) in [7, 11) is -11.5. The summed E-state index contributed by atoms with van der Waals surface area (Å²) >= 11 is 0. The molecule has 10 heteroatoms. The molecular formula is C100H125N5Si5. The fourth-order valence-corrected chi connectivity index (χ4v) is 45.7. The van der Waals surface area contributed by atoms with Crippen molar-refractivity contribution in [2.45, 2.75) is 291 Å². The molecular weight excluding hydrogens is 1410 g/mol. The van der Waals surface area contributed by atoms with Crippen LogP contribution >= 0.6 is 0 Å². The van der Waals surface area contributed by atoms with Gasteiger partial charge in [-0.2, -0.15) is 10.5 Å². The van der Waals surface area contributed by atoms with Crippen LogP contribution in [0.5, 0.6) is 0 Å². The predicted octanol–water partition coefficient (Wildman–Crippen LogP) is 29.2. The number of nitrogens with zero attached hydrogens (tertiary/aromatic N) is 5. The van der Waals surface area contributed by atoms with Crippen molar-refractivity contribution in [2.24, 2.45) is 0 Å². The Kier molecular flexibility index (Phi) is 31.0. The van der Waals surface area contributed by atoms with Crippen LogP contribution in [0.4, 0.5) is 0 Å². The first-order valence-corrected chi connectivity index (χ1v) is 51.6. The normalized spacial score (nSPS) is 15.5. The van der Waals surface area contributed by atoms with Gasteiger partial charge in [0, 0.05) is 27.8 Å². The second-order valence-electron chi connectivity index (χ2n) is 35.7. The zero-order chi connectivity index (χ0) is 82.5. The minimum atomic E-state index is -2.30. The highest BCUT2D eigenvalue weighted by molar-refractivity contribution is 6.92. The molecule has 0 aliphatic heterocycles. The first-order chi connectivity index (χ1) is 51.5. The van der Waals surface area contributed by atoms with E-state index in [4.69, 9.17) is 19.7 Å². The molecule has 0 aromatic heterocycles. The lowest BCUT2D eigenvalue weighted by Crippen LogP contribution is -2.43. The molecule has 570 valence electrons. The number of nitriles is 2. The summed E-state index contributed by atoms with van der Waals surface area (Å²) in [5.41, 5.74) is 37.4. The Labute approximate surface area is 673 Å². The van der Waals surface area contributed by atoms with Crippen molar-refractivity contribution in [3.05, 3.63) is 209 Å². The maximum absolute atomic E-state index is 11.7. The summed E-state index contributed by atoms with van der Waals surface area (Å²) in [6.45, 7) is 96.7. The number of fused-ring (bicyclic) bond motifs is 10. The number of rotatable bonds is 15. The minimum Gasteiger partial charge on any atom is -0.238 e.